The molecule has 0 aromatic heterocycles. The molecule has 0 spiro atoms. The third-order valence-corrected chi connectivity index (χ3v) is 4.30. The van der Waals surface area contributed by atoms with Gasteiger partial charge in [-0.3, -0.25) is 0 Å². The highest BCUT2D eigenvalue weighted by Crippen LogP contribution is 2.36. The minimum Gasteiger partial charge on any atom is -0.328 e. The summed E-state index contributed by atoms with van der Waals surface area (Å²) in [4.78, 5) is 0. The second-order valence-electron chi connectivity index (χ2n) is 7.32. The molecular formula is C18H39N. The van der Waals surface area contributed by atoms with Crippen LogP contribution in [-0.2, 0) is 0 Å². The maximum atomic E-state index is 6.37. The summed E-state index contributed by atoms with van der Waals surface area (Å²) in [6, 6.07) is 0.397. The first-order valence-corrected chi connectivity index (χ1v) is 8.69. The molecule has 1 nitrogen and oxygen atoms in total. The summed E-state index contributed by atoms with van der Waals surface area (Å²) in [5.41, 5.74) is 6.85. The molecule has 0 fully saturated rings. The van der Waals surface area contributed by atoms with Crippen molar-refractivity contribution in [3.63, 3.8) is 0 Å². The Morgan fingerprint density at radius 3 is 1.74 bits per heavy atom. The van der Waals surface area contributed by atoms with Crippen LogP contribution >= 0.6 is 0 Å². The van der Waals surface area contributed by atoms with E-state index in [2.05, 4.69) is 34.6 Å². The highest BCUT2D eigenvalue weighted by molar-refractivity contribution is 4.80. The predicted molar refractivity (Wildman–Crippen MR) is 88.4 cm³/mol. The zero-order valence-corrected chi connectivity index (χ0v) is 14.3. The molecule has 116 valence electrons. The molecule has 0 aliphatic carbocycles. The molecule has 0 radical (unpaired) electrons. The Labute approximate surface area is 122 Å². The van der Waals surface area contributed by atoms with Gasteiger partial charge in [-0.05, 0) is 37.0 Å². The standard InChI is InChI=1S/C18H39N/c1-6-8-10-12-18(5,13-11-9-7-2)15-17(19)14-16(3)4/h16-17H,6-15,19H2,1-5H3/t17-/m1/s1. The average Bonchev–Trinajstić information content (AvgIpc) is 2.28. The maximum Gasteiger partial charge on any atom is 0.00464 e. The Balaban J connectivity index is 4.28. The summed E-state index contributed by atoms with van der Waals surface area (Å²) in [6.07, 6.45) is 13.3. The van der Waals surface area contributed by atoms with E-state index in [1.165, 1.54) is 64.2 Å². The van der Waals surface area contributed by atoms with Crippen molar-refractivity contribution in [3.05, 3.63) is 0 Å². The molecule has 0 aliphatic rings. The van der Waals surface area contributed by atoms with Gasteiger partial charge in [0, 0.05) is 6.04 Å². The van der Waals surface area contributed by atoms with Crippen LogP contribution in [0.3, 0.4) is 0 Å². The predicted octanol–water partition coefficient (Wildman–Crippen LogP) is 5.92. The van der Waals surface area contributed by atoms with Gasteiger partial charge in [0.05, 0.1) is 0 Å². The summed E-state index contributed by atoms with van der Waals surface area (Å²) >= 11 is 0. The number of hydrogen-bond acceptors (Lipinski definition) is 1. The van der Waals surface area contributed by atoms with Gasteiger partial charge in [-0.25, -0.2) is 0 Å². The average molecular weight is 270 g/mol. The minimum absolute atomic E-state index is 0.397. The Morgan fingerprint density at radius 2 is 1.37 bits per heavy atom. The highest BCUT2D eigenvalue weighted by atomic mass is 14.6. The molecule has 0 rings (SSSR count). The van der Waals surface area contributed by atoms with Crippen LogP contribution < -0.4 is 5.73 Å². The van der Waals surface area contributed by atoms with E-state index in [0.717, 1.165) is 5.92 Å². The molecule has 19 heavy (non-hydrogen) atoms. The van der Waals surface area contributed by atoms with Crippen LogP contribution in [0, 0.1) is 11.3 Å². The smallest absolute Gasteiger partial charge is 0.00464 e. The van der Waals surface area contributed by atoms with Gasteiger partial charge in [0.15, 0.2) is 0 Å². The fraction of sp³-hybridized carbons (Fsp3) is 1.00. The zero-order chi connectivity index (χ0) is 14.7. The molecule has 0 saturated carbocycles. The molecule has 0 aromatic rings. The molecule has 0 saturated heterocycles. The van der Waals surface area contributed by atoms with Gasteiger partial charge in [0.2, 0.25) is 0 Å². The second-order valence-corrected chi connectivity index (χ2v) is 7.32. The van der Waals surface area contributed by atoms with Crippen LogP contribution in [0.1, 0.15) is 98.8 Å². The lowest BCUT2D eigenvalue weighted by atomic mass is 9.74. The Hall–Kier alpha value is -0.0400. The van der Waals surface area contributed by atoms with Crippen LogP contribution in [0.15, 0.2) is 0 Å². The van der Waals surface area contributed by atoms with Gasteiger partial charge in [-0.15, -0.1) is 0 Å². The van der Waals surface area contributed by atoms with Gasteiger partial charge in [0.1, 0.15) is 0 Å². The van der Waals surface area contributed by atoms with Gasteiger partial charge in [-0.2, -0.15) is 0 Å². The van der Waals surface area contributed by atoms with Crippen molar-refractivity contribution in [2.45, 2.75) is 105 Å². The minimum atomic E-state index is 0.397. The summed E-state index contributed by atoms with van der Waals surface area (Å²) in [7, 11) is 0. The van der Waals surface area contributed by atoms with Crippen LogP contribution in [0.2, 0.25) is 0 Å². The van der Waals surface area contributed by atoms with Gasteiger partial charge < -0.3 is 5.73 Å². The van der Waals surface area contributed by atoms with Crippen molar-refractivity contribution < 1.29 is 0 Å². The molecule has 0 unspecified atom stereocenters. The number of unbranched alkanes of at least 4 members (excludes halogenated alkanes) is 4. The number of hydrogen-bond donors (Lipinski definition) is 1. The van der Waals surface area contributed by atoms with Gasteiger partial charge >= 0.3 is 0 Å². The molecule has 1 atom stereocenters. The summed E-state index contributed by atoms with van der Waals surface area (Å²) in [5.74, 6) is 0.727. The lowest BCUT2D eigenvalue weighted by Crippen LogP contribution is -2.31. The zero-order valence-electron chi connectivity index (χ0n) is 14.3. The van der Waals surface area contributed by atoms with E-state index in [9.17, 15) is 0 Å². The molecular weight excluding hydrogens is 230 g/mol. The molecule has 1 heteroatoms. The van der Waals surface area contributed by atoms with Crippen LogP contribution in [0.4, 0.5) is 0 Å². The van der Waals surface area contributed by atoms with E-state index < -0.39 is 0 Å². The lowest BCUT2D eigenvalue weighted by molar-refractivity contribution is 0.206. The first-order chi connectivity index (χ1) is 8.93. The molecule has 2 N–H and O–H groups in total. The number of rotatable bonds is 12. The van der Waals surface area contributed by atoms with Gasteiger partial charge in [0.25, 0.3) is 0 Å². The van der Waals surface area contributed by atoms with Crippen molar-refractivity contribution in [1.82, 2.24) is 0 Å². The third kappa shape index (κ3) is 10.4. The fourth-order valence-electron chi connectivity index (χ4n) is 3.25. The van der Waals surface area contributed by atoms with Crippen molar-refractivity contribution in [2.75, 3.05) is 0 Å². The van der Waals surface area contributed by atoms with Crippen molar-refractivity contribution in [1.29, 1.82) is 0 Å². The molecule has 0 aromatic carbocycles. The summed E-state index contributed by atoms with van der Waals surface area (Å²) < 4.78 is 0. The van der Waals surface area contributed by atoms with E-state index >= 15 is 0 Å². The van der Waals surface area contributed by atoms with Crippen LogP contribution in [-0.4, -0.2) is 6.04 Å². The van der Waals surface area contributed by atoms with Gasteiger partial charge in [-0.1, -0.05) is 73.1 Å². The lowest BCUT2D eigenvalue weighted by Gasteiger charge is -2.33. The van der Waals surface area contributed by atoms with E-state index in [1.54, 1.807) is 0 Å². The van der Waals surface area contributed by atoms with E-state index in [0.29, 0.717) is 11.5 Å². The normalized spacial score (nSPS) is 14.1. The molecule has 0 bridgehead atoms. The molecule has 0 aliphatic heterocycles. The first kappa shape index (κ1) is 19.0. The largest absolute Gasteiger partial charge is 0.328 e. The van der Waals surface area contributed by atoms with Crippen molar-refractivity contribution in [2.24, 2.45) is 17.1 Å². The third-order valence-electron chi connectivity index (χ3n) is 4.30. The summed E-state index contributed by atoms with van der Waals surface area (Å²) in [5, 5.41) is 0. The highest BCUT2D eigenvalue weighted by Gasteiger charge is 2.26. The van der Waals surface area contributed by atoms with Crippen molar-refractivity contribution >= 4 is 0 Å². The SMILES string of the molecule is CCCCCC(C)(CCCCC)C[C@H](N)CC(C)C. The quantitative estimate of drug-likeness (QED) is 0.437. The maximum absolute atomic E-state index is 6.37. The second kappa shape index (κ2) is 10.7. The Morgan fingerprint density at radius 1 is 0.895 bits per heavy atom. The van der Waals surface area contributed by atoms with E-state index in [4.69, 9.17) is 5.73 Å². The van der Waals surface area contributed by atoms with Crippen LogP contribution in [0.25, 0.3) is 0 Å². The monoisotopic (exact) mass is 269 g/mol. The topological polar surface area (TPSA) is 26.0 Å². The van der Waals surface area contributed by atoms with E-state index in [-0.39, 0.29) is 0 Å². The van der Waals surface area contributed by atoms with Crippen molar-refractivity contribution in [3.8, 4) is 0 Å². The first-order valence-electron chi connectivity index (χ1n) is 8.69. The van der Waals surface area contributed by atoms with Crippen LogP contribution in [0.5, 0.6) is 0 Å². The molecule has 0 heterocycles. The Kier molecular flexibility index (Phi) is 10.7. The molecule has 0 amide bonds. The fourth-order valence-corrected chi connectivity index (χ4v) is 3.25. The Bertz CT molecular complexity index is 188. The van der Waals surface area contributed by atoms with E-state index in [1.807, 2.05) is 0 Å². The number of nitrogens with two attached hydrogens (primary N) is 1. The summed E-state index contributed by atoms with van der Waals surface area (Å²) in [6.45, 7) is 11.6.